The third kappa shape index (κ3) is 3.59. The summed E-state index contributed by atoms with van der Waals surface area (Å²) in [6, 6.07) is 9.40. The third-order valence-electron chi connectivity index (χ3n) is 6.34. The predicted molar refractivity (Wildman–Crippen MR) is 117 cm³/mol. The van der Waals surface area contributed by atoms with E-state index in [1.54, 1.807) is 19.1 Å². The highest BCUT2D eigenvalue weighted by Crippen LogP contribution is 2.37. The summed E-state index contributed by atoms with van der Waals surface area (Å²) in [6.45, 7) is 2.49. The lowest BCUT2D eigenvalue weighted by Crippen LogP contribution is -2.40. The van der Waals surface area contributed by atoms with Crippen LogP contribution in [0.4, 0.5) is 5.69 Å². The first-order valence-electron chi connectivity index (χ1n) is 10.8. The molecule has 8 heteroatoms. The lowest BCUT2D eigenvalue weighted by molar-refractivity contribution is -0.136. The Kier molecular flexibility index (Phi) is 5.28. The first-order chi connectivity index (χ1) is 15.6. The van der Waals surface area contributed by atoms with Crippen LogP contribution in [-0.2, 0) is 22.6 Å². The maximum atomic E-state index is 13.3. The fourth-order valence-electron chi connectivity index (χ4n) is 4.65. The molecule has 0 saturated carbocycles. The number of hydrogen-bond donors (Lipinski definition) is 0. The molecule has 0 N–H and O–H groups in total. The Hall–Kier alpha value is -3.42. The highest BCUT2D eigenvalue weighted by molar-refractivity contribution is 6.00. The zero-order chi connectivity index (χ0) is 22.2. The van der Waals surface area contributed by atoms with E-state index in [4.69, 9.17) is 18.9 Å². The van der Waals surface area contributed by atoms with Gasteiger partial charge in [-0.2, -0.15) is 0 Å². The van der Waals surface area contributed by atoms with Crippen molar-refractivity contribution in [1.29, 1.82) is 0 Å². The van der Waals surface area contributed by atoms with E-state index in [0.29, 0.717) is 55.8 Å². The van der Waals surface area contributed by atoms with Crippen LogP contribution < -0.4 is 23.8 Å². The standard InChI is InChI=1S/C24H26N2O6/c1-29-20-9-15-5-6-25(13-16(15)10-21(20)30-2)24(28)17-11-23(27)26(14-17)18-3-4-19-22(12-18)32-8-7-31-19/h3-4,9-10,12,17H,5-8,11,13-14H2,1-2H3/t17-/m0/s1. The summed E-state index contributed by atoms with van der Waals surface area (Å²) in [5.74, 6) is 2.26. The molecule has 0 unspecified atom stereocenters. The highest BCUT2D eigenvalue weighted by atomic mass is 16.6. The Labute approximate surface area is 186 Å². The summed E-state index contributed by atoms with van der Waals surface area (Å²) in [7, 11) is 3.22. The molecule has 3 aliphatic rings. The van der Waals surface area contributed by atoms with Crippen molar-refractivity contribution in [2.24, 2.45) is 5.92 Å². The van der Waals surface area contributed by atoms with Crippen molar-refractivity contribution in [3.05, 3.63) is 41.5 Å². The number of carbonyl (C=O) groups is 2. The number of nitrogens with zero attached hydrogens (tertiary/aromatic N) is 2. The SMILES string of the molecule is COc1cc2c(cc1OC)CN(C(=O)[C@H]1CC(=O)N(c3ccc4c(c3)OCCO4)C1)CC2. The Balaban J connectivity index is 1.30. The molecular weight excluding hydrogens is 412 g/mol. The number of hydrogen-bond acceptors (Lipinski definition) is 6. The summed E-state index contributed by atoms with van der Waals surface area (Å²) in [6.07, 6.45) is 0.955. The van der Waals surface area contributed by atoms with Gasteiger partial charge in [-0.3, -0.25) is 9.59 Å². The van der Waals surface area contributed by atoms with Gasteiger partial charge in [0.2, 0.25) is 11.8 Å². The Morgan fingerprint density at radius 3 is 2.47 bits per heavy atom. The molecule has 2 aromatic rings. The topological polar surface area (TPSA) is 77.5 Å². The lowest BCUT2D eigenvalue weighted by Gasteiger charge is -2.31. The average molecular weight is 438 g/mol. The number of methoxy groups -OCH3 is 2. The van der Waals surface area contributed by atoms with Crippen LogP contribution in [0.5, 0.6) is 23.0 Å². The molecule has 0 aromatic heterocycles. The fourth-order valence-corrected chi connectivity index (χ4v) is 4.65. The van der Waals surface area contributed by atoms with Crippen molar-refractivity contribution in [3.63, 3.8) is 0 Å². The van der Waals surface area contributed by atoms with Gasteiger partial charge in [-0.05, 0) is 41.8 Å². The van der Waals surface area contributed by atoms with E-state index < -0.39 is 0 Å². The molecule has 3 aliphatic heterocycles. The zero-order valence-corrected chi connectivity index (χ0v) is 18.3. The molecular formula is C24H26N2O6. The summed E-state index contributed by atoms with van der Waals surface area (Å²) in [4.78, 5) is 29.6. The van der Waals surface area contributed by atoms with Crippen molar-refractivity contribution in [2.45, 2.75) is 19.4 Å². The fraction of sp³-hybridized carbons (Fsp3) is 0.417. The van der Waals surface area contributed by atoms with Gasteiger partial charge >= 0.3 is 0 Å². The molecule has 8 nitrogen and oxygen atoms in total. The van der Waals surface area contributed by atoms with Crippen LogP contribution in [0.2, 0.25) is 0 Å². The maximum absolute atomic E-state index is 13.3. The normalized spacial score (nSPS) is 19.6. The first-order valence-corrected chi connectivity index (χ1v) is 10.8. The molecule has 2 aromatic carbocycles. The second kappa shape index (κ2) is 8.26. The summed E-state index contributed by atoms with van der Waals surface area (Å²) in [5, 5.41) is 0. The van der Waals surface area contributed by atoms with Gasteiger partial charge in [0, 0.05) is 37.8 Å². The first kappa shape index (κ1) is 20.5. The molecule has 1 saturated heterocycles. The molecule has 1 atom stereocenters. The molecule has 2 amide bonds. The number of amides is 2. The molecule has 168 valence electrons. The Morgan fingerprint density at radius 2 is 1.72 bits per heavy atom. The Morgan fingerprint density at radius 1 is 1.00 bits per heavy atom. The van der Waals surface area contributed by atoms with Crippen molar-refractivity contribution in [2.75, 3.05) is 45.4 Å². The summed E-state index contributed by atoms with van der Waals surface area (Å²) >= 11 is 0. The van der Waals surface area contributed by atoms with Gasteiger partial charge < -0.3 is 28.7 Å². The quantitative estimate of drug-likeness (QED) is 0.730. The number of ether oxygens (including phenoxy) is 4. The molecule has 5 rings (SSSR count). The van der Waals surface area contributed by atoms with E-state index >= 15 is 0 Å². The molecule has 0 spiro atoms. The molecule has 1 fully saturated rings. The van der Waals surface area contributed by atoms with Gasteiger partial charge in [-0.1, -0.05) is 0 Å². The minimum Gasteiger partial charge on any atom is -0.493 e. The van der Waals surface area contributed by atoms with Crippen LogP contribution in [-0.4, -0.2) is 57.2 Å². The summed E-state index contributed by atoms with van der Waals surface area (Å²) in [5.41, 5.74) is 2.94. The second-order valence-corrected chi connectivity index (χ2v) is 8.22. The van der Waals surface area contributed by atoms with Crippen LogP contribution in [0.15, 0.2) is 30.3 Å². The van der Waals surface area contributed by atoms with E-state index in [2.05, 4.69) is 0 Å². The Bertz CT molecular complexity index is 1070. The number of carbonyl (C=O) groups excluding carboxylic acids is 2. The number of rotatable bonds is 4. The van der Waals surface area contributed by atoms with Crippen LogP contribution in [0.25, 0.3) is 0 Å². The van der Waals surface area contributed by atoms with Gasteiger partial charge in [-0.15, -0.1) is 0 Å². The predicted octanol–water partition coefficient (Wildman–Crippen LogP) is 2.41. The molecule has 0 radical (unpaired) electrons. The largest absolute Gasteiger partial charge is 0.493 e. The minimum absolute atomic E-state index is 0.0128. The summed E-state index contributed by atoms with van der Waals surface area (Å²) < 4.78 is 22.0. The molecule has 32 heavy (non-hydrogen) atoms. The van der Waals surface area contributed by atoms with Gasteiger partial charge in [0.15, 0.2) is 23.0 Å². The van der Waals surface area contributed by atoms with E-state index in [0.717, 1.165) is 23.2 Å². The van der Waals surface area contributed by atoms with E-state index in [9.17, 15) is 9.59 Å². The van der Waals surface area contributed by atoms with Gasteiger partial charge in [0.05, 0.1) is 20.1 Å². The van der Waals surface area contributed by atoms with Crippen LogP contribution in [0.1, 0.15) is 17.5 Å². The van der Waals surface area contributed by atoms with Crippen molar-refractivity contribution < 1.29 is 28.5 Å². The molecule has 3 heterocycles. The van der Waals surface area contributed by atoms with Crippen LogP contribution in [0.3, 0.4) is 0 Å². The lowest BCUT2D eigenvalue weighted by atomic mass is 9.97. The molecule has 0 bridgehead atoms. The number of fused-ring (bicyclic) bond motifs is 2. The average Bonchev–Trinajstić information content (AvgIpc) is 3.23. The van der Waals surface area contributed by atoms with Crippen molar-refractivity contribution in [1.82, 2.24) is 4.90 Å². The van der Waals surface area contributed by atoms with Crippen molar-refractivity contribution in [3.8, 4) is 23.0 Å². The van der Waals surface area contributed by atoms with Gasteiger partial charge in [-0.25, -0.2) is 0 Å². The van der Waals surface area contributed by atoms with Crippen molar-refractivity contribution >= 4 is 17.5 Å². The van der Waals surface area contributed by atoms with Crippen LogP contribution >= 0.6 is 0 Å². The monoisotopic (exact) mass is 438 g/mol. The smallest absolute Gasteiger partial charge is 0.228 e. The van der Waals surface area contributed by atoms with Gasteiger partial charge in [0.25, 0.3) is 0 Å². The second-order valence-electron chi connectivity index (χ2n) is 8.22. The van der Waals surface area contributed by atoms with Crippen LogP contribution in [0, 0.1) is 5.92 Å². The minimum atomic E-state index is -0.364. The van der Waals surface area contributed by atoms with E-state index in [-0.39, 0.29) is 24.2 Å². The number of benzene rings is 2. The van der Waals surface area contributed by atoms with Gasteiger partial charge in [0.1, 0.15) is 13.2 Å². The molecule has 0 aliphatic carbocycles. The maximum Gasteiger partial charge on any atom is 0.228 e. The third-order valence-corrected chi connectivity index (χ3v) is 6.34. The van der Waals surface area contributed by atoms with E-state index in [1.807, 2.05) is 35.2 Å². The number of anilines is 1. The zero-order valence-electron chi connectivity index (χ0n) is 18.3. The highest BCUT2D eigenvalue weighted by Gasteiger charge is 2.38. The van der Waals surface area contributed by atoms with E-state index in [1.165, 1.54) is 0 Å².